The summed E-state index contributed by atoms with van der Waals surface area (Å²) in [4.78, 5) is 7.03. The SMILES string of the molecule is Cc1cccnc1[C@@]1(O)CC[C@@H]2CN(Cc3cccc(OC(C)C)c3)C[C@@H]21. The Morgan fingerprint density at radius 2 is 2.11 bits per heavy atom. The molecule has 4 nitrogen and oxygen atoms in total. The van der Waals surface area contributed by atoms with E-state index in [2.05, 4.69) is 54.9 Å². The Morgan fingerprint density at radius 1 is 1.26 bits per heavy atom. The molecule has 1 saturated heterocycles. The fraction of sp³-hybridized carbons (Fsp3) is 0.522. The van der Waals surface area contributed by atoms with E-state index in [1.807, 2.05) is 12.1 Å². The van der Waals surface area contributed by atoms with E-state index in [0.29, 0.717) is 5.92 Å². The second kappa shape index (κ2) is 7.25. The molecule has 1 saturated carbocycles. The van der Waals surface area contributed by atoms with Crippen LogP contribution in [0.1, 0.15) is 43.5 Å². The van der Waals surface area contributed by atoms with Gasteiger partial charge in [0.25, 0.3) is 0 Å². The summed E-state index contributed by atoms with van der Waals surface area (Å²) < 4.78 is 5.83. The van der Waals surface area contributed by atoms with Crippen molar-refractivity contribution < 1.29 is 9.84 Å². The van der Waals surface area contributed by atoms with Gasteiger partial charge in [-0.25, -0.2) is 0 Å². The predicted molar refractivity (Wildman–Crippen MR) is 107 cm³/mol. The quantitative estimate of drug-likeness (QED) is 0.872. The molecule has 1 N–H and O–H groups in total. The molecule has 2 heterocycles. The van der Waals surface area contributed by atoms with Crippen LogP contribution >= 0.6 is 0 Å². The zero-order valence-corrected chi connectivity index (χ0v) is 16.6. The van der Waals surface area contributed by atoms with E-state index in [4.69, 9.17) is 4.74 Å². The topological polar surface area (TPSA) is 45.6 Å². The molecule has 2 aromatic rings. The summed E-state index contributed by atoms with van der Waals surface area (Å²) in [6.45, 7) is 9.03. The van der Waals surface area contributed by atoms with Gasteiger partial charge in [-0.15, -0.1) is 0 Å². The highest BCUT2D eigenvalue weighted by atomic mass is 16.5. The molecular formula is C23H30N2O2. The number of fused-ring (bicyclic) bond motifs is 1. The number of hydrogen-bond acceptors (Lipinski definition) is 4. The Hall–Kier alpha value is -1.91. The third-order valence-electron chi connectivity index (χ3n) is 6.12. The standard InChI is InChI=1S/C23H30N2O2/c1-16(2)27-20-8-4-7-18(12-20)13-25-14-19-9-10-23(26,21(19)15-25)22-17(3)6-5-11-24-22/h4-8,11-12,16,19,21,26H,9-10,13-15H2,1-3H3/t19-,21+,23-/m1/s1. The number of ether oxygens (including phenoxy) is 1. The maximum absolute atomic E-state index is 11.5. The summed E-state index contributed by atoms with van der Waals surface area (Å²) in [5.74, 6) is 1.75. The molecule has 0 bridgehead atoms. The minimum Gasteiger partial charge on any atom is -0.491 e. The van der Waals surface area contributed by atoms with E-state index in [1.54, 1.807) is 6.20 Å². The van der Waals surface area contributed by atoms with Crippen LogP contribution in [0.3, 0.4) is 0 Å². The first-order valence-electron chi connectivity index (χ1n) is 10.1. The summed E-state index contributed by atoms with van der Waals surface area (Å²) in [5.41, 5.74) is 2.46. The van der Waals surface area contributed by atoms with Crippen LogP contribution in [0.4, 0.5) is 0 Å². The summed E-state index contributed by atoms with van der Waals surface area (Å²) in [6, 6.07) is 12.4. The Labute approximate surface area is 162 Å². The third kappa shape index (κ3) is 3.61. The molecule has 0 radical (unpaired) electrons. The van der Waals surface area contributed by atoms with E-state index in [0.717, 1.165) is 49.5 Å². The molecule has 1 aromatic carbocycles. The summed E-state index contributed by atoms with van der Waals surface area (Å²) in [6.07, 6.45) is 3.89. The van der Waals surface area contributed by atoms with Crippen molar-refractivity contribution in [1.82, 2.24) is 9.88 Å². The van der Waals surface area contributed by atoms with Gasteiger partial charge < -0.3 is 9.84 Å². The predicted octanol–water partition coefficient (Wildman–Crippen LogP) is 3.91. The van der Waals surface area contributed by atoms with Gasteiger partial charge in [0.1, 0.15) is 11.4 Å². The number of nitrogens with zero attached hydrogens (tertiary/aromatic N) is 2. The number of rotatable bonds is 5. The van der Waals surface area contributed by atoms with Crippen molar-refractivity contribution in [3.05, 3.63) is 59.4 Å². The zero-order valence-electron chi connectivity index (χ0n) is 16.6. The average Bonchev–Trinajstić information content (AvgIpc) is 3.15. The zero-order chi connectivity index (χ0) is 19.0. The Kier molecular flexibility index (Phi) is 4.95. The summed E-state index contributed by atoms with van der Waals surface area (Å²) in [5, 5.41) is 11.5. The Morgan fingerprint density at radius 3 is 2.89 bits per heavy atom. The first-order valence-corrected chi connectivity index (χ1v) is 10.1. The van der Waals surface area contributed by atoms with Crippen molar-refractivity contribution in [2.75, 3.05) is 13.1 Å². The molecule has 0 unspecified atom stereocenters. The lowest BCUT2D eigenvalue weighted by atomic mass is 9.83. The van der Waals surface area contributed by atoms with Crippen LogP contribution in [-0.4, -0.2) is 34.2 Å². The van der Waals surface area contributed by atoms with Crippen molar-refractivity contribution in [3.63, 3.8) is 0 Å². The molecule has 2 aliphatic rings. The van der Waals surface area contributed by atoms with Crippen LogP contribution in [0.2, 0.25) is 0 Å². The molecule has 1 aromatic heterocycles. The van der Waals surface area contributed by atoms with Gasteiger partial charge in [-0.3, -0.25) is 9.88 Å². The number of pyridine rings is 1. The second-order valence-corrected chi connectivity index (χ2v) is 8.51. The normalized spacial score (nSPS) is 27.9. The van der Waals surface area contributed by atoms with Crippen LogP contribution in [0.25, 0.3) is 0 Å². The molecule has 4 rings (SSSR count). The van der Waals surface area contributed by atoms with Crippen LogP contribution in [-0.2, 0) is 12.1 Å². The highest BCUT2D eigenvalue weighted by Gasteiger charge is 2.53. The molecule has 144 valence electrons. The monoisotopic (exact) mass is 366 g/mol. The van der Waals surface area contributed by atoms with Gasteiger partial charge in [0, 0.05) is 31.7 Å². The highest BCUT2D eigenvalue weighted by molar-refractivity contribution is 5.30. The second-order valence-electron chi connectivity index (χ2n) is 8.51. The minimum absolute atomic E-state index is 0.183. The molecular weight excluding hydrogens is 336 g/mol. The lowest BCUT2D eigenvalue weighted by Gasteiger charge is -2.31. The smallest absolute Gasteiger partial charge is 0.120 e. The average molecular weight is 367 g/mol. The molecule has 1 aliphatic heterocycles. The van der Waals surface area contributed by atoms with Crippen molar-refractivity contribution in [3.8, 4) is 5.75 Å². The van der Waals surface area contributed by atoms with Gasteiger partial charge in [0.2, 0.25) is 0 Å². The Bertz CT molecular complexity index is 806. The summed E-state index contributed by atoms with van der Waals surface area (Å²) >= 11 is 0. The van der Waals surface area contributed by atoms with E-state index >= 15 is 0 Å². The van der Waals surface area contributed by atoms with Crippen LogP contribution in [0.5, 0.6) is 5.75 Å². The van der Waals surface area contributed by atoms with Crippen molar-refractivity contribution >= 4 is 0 Å². The number of hydrogen-bond donors (Lipinski definition) is 1. The number of aryl methyl sites for hydroxylation is 1. The van der Waals surface area contributed by atoms with E-state index in [9.17, 15) is 5.11 Å². The first-order chi connectivity index (χ1) is 13.0. The van der Waals surface area contributed by atoms with Crippen molar-refractivity contribution in [2.45, 2.75) is 51.9 Å². The van der Waals surface area contributed by atoms with Gasteiger partial charge in [0.05, 0.1) is 11.8 Å². The largest absolute Gasteiger partial charge is 0.491 e. The molecule has 4 heteroatoms. The number of benzene rings is 1. The fourth-order valence-electron chi connectivity index (χ4n) is 4.99. The van der Waals surface area contributed by atoms with E-state index < -0.39 is 5.60 Å². The van der Waals surface area contributed by atoms with Gasteiger partial charge in [-0.2, -0.15) is 0 Å². The lowest BCUT2D eigenvalue weighted by molar-refractivity contribution is -0.0114. The first kappa shape index (κ1) is 18.5. The van der Waals surface area contributed by atoms with E-state index in [-0.39, 0.29) is 12.0 Å². The molecule has 27 heavy (non-hydrogen) atoms. The lowest BCUT2D eigenvalue weighted by Crippen LogP contribution is -2.36. The third-order valence-corrected chi connectivity index (χ3v) is 6.12. The van der Waals surface area contributed by atoms with Gasteiger partial charge in [-0.05, 0) is 68.9 Å². The van der Waals surface area contributed by atoms with Crippen molar-refractivity contribution in [2.24, 2.45) is 11.8 Å². The van der Waals surface area contributed by atoms with Gasteiger partial charge in [-0.1, -0.05) is 18.2 Å². The van der Waals surface area contributed by atoms with E-state index in [1.165, 1.54) is 5.56 Å². The van der Waals surface area contributed by atoms with Crippen LogP contribution in [0.15, 0.2) is 42.6 Å². The molecule has 0 amide bonds. The number of likely N-dealkylation sites (tertiary alicyclic amines) is 1. The van der Waals surface area contributed by atoms with Gasteiger partial charge >= 0.3 is 0 Å². The summed E-state index contributed by atoms with van der Waals surface area (Å²) in [7, 11) is 0. The maximum atomic E-state index is 11.5. The highest BCUT2D eigenvalue weighted by Crippen LogP contribution is 2.50. The minimum atomic E-state index is -0.784. The fourth-order valence-corrected chi connectivity index (χ4v) is 4.99. The van der Waals surface area contributed by atoms with Crippen LogP contribution in [0, 0.1) is 18.8 Å². The molecule has 0 spiro atoms. The number of aromatic nitrogens is 1. The number of aliphatic hydroxyl groups is 1. The van der Waals surface area contributed by atoms with Gasteiger partial charge in [0.15, 0.2) is 0 Å². The molecule has 2 fully saturated rings. The van der Waals surface area contributed by atoms with Crippen LogP contribution < -0.4 is 4.74 Å². The van der Waals surface area contributed by atoms with Crippen molar-refractivity contribution in [1.29, 1.82) is 0 Å². The molecule has 3 atom stereocenters. The molecule has 1 aliphatic carbocycles. The Balaban J connectivity index is 1.48. The maximum Gasteiger partial charge on any atom is 0.120 e.